The molecule has 0 heterocycles. The lowest BCUT2D eigenvalue weighted by Crippen LogP contribution is -2.39. The zero-order chi connectivity index (χ0) is 15.8. The third kappa shape index (κ3) is 5.34. The number of urea groups is 1. The average Bonchev–Trinajstić information content (AvgIpc) is 2.53. The van der Waals surface area contributed by atoms with Crippen LogP contribution < -0.4 is 5.32 Å². The number of hydrogen-bond acceptors (Lipinski definition) is 2. The van der Waals surface area contributed by atoms with Gasteiger partial charge in [-0.15, -0.1) is 0 Å². The number of carbonyl (C=O) groups excluding carboxylic acids is 1. The van der Waals surface area contributed by atoms with Gasteiger partial charge in [-0.2, -0.15) is 0 Å². The van der Waals surface area contributed by atoms with Crippen LogP contribution in [-0.2, 0) is 11.3 Å². The quantitative estimate of drug-likeness (QED) is 0.818. The van der Waals surface area contributed by atoms with Crippen molar-refractivity contribution in [2.75, 3.05) is 20.2 Å². The van der Waals surface area contributed by atoms with Crippen molar-refractivity contribution in [3.8, 4) is 0 Å². The SMILES string of the molecule is CC1CCCCC1OCCNC(=O)N(C)Cc1ccccc1. The smallest absolute Gasteiger partial charge is 0.317 e. The lowest BCUT2D eigenvalue weighted by atomic mass is 9.88. The van der Waals surface area contributed by atoms with Crippen molar-refractivity contribution < 1.29 is 9.53 Å². The summed E-state index contributed by atoms with van der Waals surface area (Å²) in [5.41, 5.74) is 1.13. The Morgan fingerprint density at radius 3 is 2.73 bits per heavy atom. The molecular weight excluding hydrogens is 276 g/mol. The number of amides is 2. The maximum atomic E-state index is 12.0. The van der Waals surface area contributed by atoms with Gasteiger partial charge in [-0.05, 0) is 24.3 Å². The summed E-state index contributed by atoms with van der Waals surface area (Å²) in [6, 6.07) is 9.95. The van der Waals surface area contributed by atoms with Crippen LogP contribution in [0.3, 0.4) is 0 Å². The van der Waals surface area contributed by atoms with Crippen molar-refractivity contribution >= 4 is 6.03 Å². The molecule has 0 spiro atoms. The third-order valence-electron chi connectivity index (χ3n) is 4.35. The number of hydrogen-bond donors (Lipinski definition) is 1. The van der Waals surface area contributed by atoms with E-state index in [1.54, 1.807) is 4.90 Å². The highest BCUT2D eigenvalue weighted by molar-refractivity contribution is 5.73. The van der Waals surface area contributed by atoms with Crippen LogP contribution in [0.1, 0.15) is 38.2 Å². The molecule has 4 heteroatoms. The summed E-state index contributed by atoms with van der Waals surface area (Å²) < 4.78 is 5.91. The lowest BCUT2D eigenvalue weighted by Gasteiger charge is -2.28. The van der Waals surface area contributed by atoms with Crippen LogP contribution in [0.5, 0.6) is 0 Å². The largest absolute Gasteiger partial charge is 0.376 e. The van der Waals surface area contributed by atoms with E-state index in [1.165, 1.54) is 19.3 Å². The summed E-state index contributed by atoms with van der Waals surface area (Å²) in [4.78, 5) is 13.7. The Hall–Kier alpha value is -1.55. The molecule has 1 N–H and O–H groups in total. The van der Waals surface area contributed by atoms with Gasteiger partial charge in [-0.3, -0.25) is 0 Å². The monoisotopic (exact) mass is 304 g/mol. The zero-order valence-electron chi connectivity index (χ0n) is 13.8. The molecular formula is C18H28N2O2. The molecule has 1 saturated carbocycles. The second kappa shape index (κ2) is 8.79. The molecule has 2 unspecified atom stereocenters. The molecule has 1 aliphatic carbocycles. The van der Waals surface area contributed by atoms with Gasteiger partial charge in [0.2, 0.25) is 0 Å². The summed E-state index contributed by atoms with van der Waals surface area (Å²) in [7, 11) is 1.81. The van der Waals surface area contributed by atoms with Crippen LogP contribution >= 0.6 is 0 Å². The number of nitrogens with zero attached hydrogens (tertiary/aromatic N) is 1. The van der Waals surface area contributed by atoms with Crippen molar-refractivity contribution in [1.29, 1.82) is 0 Å². The van der Waals surface area contributed by atoms with E-state index in [4.69, 9.17) is 4.74 Å². The number of rotatable bonds is 6. The zero-order valence-corrected chi connectivity index (χ0v) is 13.8. The topological polar surface area (TPSA) is 41.6 Å². The molecule has 4 nitrogen and oxygen atoms in total. The molecule has 0 radical (unpaired) electrons. The highest BCUT2D eigenvalue weighted by Gasteiger charge is 2.21. The molecule has 0 aliphatic heterocycles. The van der Waals surface area contributed by atoms with Crippen LogP contribution in [0.15, 0.2) is 30.3 Å². The van der Waals surface area contributed by atoms with Gasteiger partial charge in [-0.25, -0.2) is 4.79 Å². The van der Waals surface area contributed by atoms with Crippen molar-refractivity contribution in [2.24, 2.45) is 5.92 Å². The van der Waals surface area contributed by atoms with Gasteiger partial charge in [0.25, 0.3) is 0 Å². The molecule has 2 atom stereocenters. The van der Waals surface area contributed by atoms with Crippen molar-refractivity contribution in [3.63, 3.8) is 0 Å². The highest BCUT2D eigenvalue weighted by Crippen LogP contribution is 2.25. The minimum Gasteiger partial charge on any atom is -0.376 e. The molecule has 22 heavy (non-hydrogen) atoms. The molecule has 1 aliphatic rings. The summed E-state index contributed by atoms with van der Waals surface area (Å²) >= 11 is 0. The lowest BCUT2D eigenvalue weighted by molar-refractivity contribution is -0.00267. The fourth-order valence-corrected chi connectivity index (χ4v) is 2.96. The first-order valence-electron chi connectivity index (χ1n) is 8.31. The third-order valence-corrected chi connectivity index (χ3v) is 4.35. The van der Waals surface area contributed by atoms with E-state index in [0.717, 1.165) is 12.0 Å². The fourth-order valence-electron chi connectivity index (χ4n) is 2.96. The molecule has 0 saturated heterocycles. The Bertz CT molecular complexity index is 450. The Labute approximate surface area is 133 Å². The minimum absolute atomic E-state index is 0.0517. The summed E-state index contributed by atoms with van der Waals surface area (Å²) in [6.07, 6.45) is 5.37. The predicted octanol–water partition coefficient (Wildman–Crippen LogP) is 3.42. The minimum atomic E-state index is -0.0517. The van der Waals surface area contributed by atoms with Gasteiger partial charge in [0.15, 0.2) is 0 Å². The number of nitrogens with one attached hydrogen (secondary N) is 1. The summed E-state index contributed by atoms with van der Waals surface area (Å²) in [5, 5.41) is 2.92. The van der Waals surface area contributed by atoms with Gasteiger partial charge in [0.1, 0.15) is 0 Å². The van der Waals surface area contributed by atoms with Gasteiger partial charge in [-0.1, -0.05) is 50.1 Å². The predicted molar refractivity (Wildman–Crippen MR) is 88.7 cm³/mol. The number of carbonyl (C=O) groups is 1. The van der Waals surface area contributed by atoms with Crippen LogP contribution in [-0.4, -0.2) is 37.2 Å². The fraction of sp³-hybridized carbons (Fsp3) is 0.611. The molecule has 1 aromatic rings. The van der Waals surface area contributed by atoms with Gasteiger partial charge in [0, 0.05) is 20.1 Å². The van der Waals surface area contributed by atoms with Crippen LogP contribution in [0.2, 0.25) is 0 Å². The first-order valence-corrected chi connectivity index (χ1v) is 8.31. The van der Waals surface area contributed by atoms with Gasteiger partial charge in [0.05, 0.1) is 12.7 Å². The van der Waals surface area contributed by atoms with Crippen LogP contribution in [0.4, 0.5) is 4.79 Å². The van der Waals surface area contributed by atoms with E-state index in [0.29, 0.717) is 31.7 Å². The standard InChI is InChI=1S/C18H28N2O2/c1-15-8-6-7-11-17(15)22-13-12-19-18(21)20(2)14-16-9-4-3-5-10-16/h3-5,9-10,15,17H,6-8,11-14H2,1-2H3,(H,19,21). The van der Waals surface area contributed by atoms with E-state index >= 15 is 0 Å². The highest BCUT2D eigenvalue weighted by atomic mass is 16.5. The van der Waals surface area contributed by atoms with Gasteiger partial charge >= 0.3 is 6.03 Å². The second-order valence-electron chi connectivity index (χ2n) is 6.24. The molecule has 2 amide bonds. The maximum absolute atomic E-state index is 12.0. The van der Waals surface area contributed by atoms with Crippen LogP contribution in [0, 0.1) is 5.92 Å². The van der Waals surface area contributed by atoms with Crippen molar-refractivity contribution in [3.05, 3.63) is 35.9 Å². The van der Waals surface area contributed by atoms with E-state index < -0.39 is 0 Å². The Kier molecular flexibility index (Phi) is 6.72. The normalized spacial score (nSPS) is 21.4. The number of benzene rings is 1. The molecule has 1 fully saturated rings. The molecule has 2 rings (SSSR count). The average molecular weight is 304 g/mol. The van der Waals surface area contributed by atoms with Gasteiger partial charge < -0.3 is 15.0 Å². The molecule has 0 bridgehead atoms. The van der Waals surface area contributed by atoms with E-state index in [-0.39, 0.29) is 6.03 Å². The molecule has 0 aromatic heterocycles. The Balaban J connectivity index is 1.62. The summed E-state index contributed by atoms with van der Waals surface area (Å²) in [6.45, 7) is 4.05. The Morgan fingerprint density at radius 2 is 2.00 bits per heavy atom. The van der Waals surface area contributed by atoms with E-state index in [1.807, 2.05) is 37.4 Å². The maximum Gasteiger partial charge on any atom is 0.317 e. The second-order valence-corrected chi connectivity index (χ2v) is 6.24. The van der Waals surface area contributed by atoms with E-state index in [2.05, 4.69) is 12.2 Å². The van der Waals surface area contributed by atoms with Crippen molar-refractivity contribution in [2.45, 2.75) is 45.3 Å². The Morgan fingerprint density at radius 1 is 1.27 bits per heavy atom. The number of ether oxygens (including phenoxy) is 1. The van der Waals surface area contributed by atoms with Crippen LogP contribution in [0.25, 0.3) is 0 Å². The molecule has 122 valence electrons. The first kappa shape index (κ1) is 16.8. The van der Waals surface area contributed by atoms with Crippen molar-refractivity contribution in [1.82, 2.24) is 10.2 Å². The van der Waals surface area contributed by atoms with E-state index in [9.17, 15) is 4.79 Å². The summed E-state index contributed by atoms with van der Waals surface area (Å²) in [5.74, 6) is 0.644. The first-order chi connectivity index (χ1) is 10.7. The molecule has 1 aromatic carbocycles.